The number of para-hydroxylation sites is 1. The third kappa shape index (κ3) is 1.89. The summed E-state index contributed by atoms with van der Waals surface area (Å²) in [6, 6.07) is 17.8. The van der Waals surface area contributed by atoms with Gasteiger partial charge in [-0.3, -0.25) is 0 Å². The molecule has 2 aromatic carbocycles. The van der Waals surface area contributed by atoms with Crippen molar-refractivity contribution in [2.24, 2.45) is 0 Å². The van der Waals surface area contributed by atoms with Crippen molar-refractivity contribution >= 4 is 5.69 Å². The molecule has 18 heavy (non-hydrogen) atoms. The zero-order valence-corrected chi connectivity index (χ0v) is 9.84. The number of rotatable bonds is 1. The molecule has 0 fully saturated rings. The lowest BCUT2D eigenvalue weighted by Crippen LogP contribution is -2.31. The van der Waals surface area contributed by atoms with Gasteiger partial charge in [-0.05, 0) is 30.3 Å². The maximum absolute atomic E-state index is 8.92. The molecule has 0 atom stereocenters. The maximum atomic E-state index is 8.92. The second kappa shape index (κ2) is 4.42. The van der Waals surface area contributed by atoms with E-state index in [9.17, 15) is 0 Å². The summed E-state index contributed by atoms with van der Waals surface area (Å²) in [5, 5.41) is 8.92. The van der Waals surface area contributed by atoms with E-state index in [0.29, 0.717) is 12.3 Å². The van der Waals surface area contributed by atoms with Crippen molar-refractivity contribution < 1.29 is 4.74 Å². The molecule has 1 heterocycles. The Bertz CT molecular complexity index is 602. The minimum Gasteiger partial charge on any atom is -0.473 e. The minimum absolute atomic E-state index is 0.545. The zero-order valence-electron chi connectivity index (χ0n) is 9.84. The molecule has 0 aromatic heterocycles. The first-order valence-electron chi connectivity index (χ1n) is 5.82. The summed E-state index contributed by atoms with van der Waals surface area (Å²) in [4.78, 5) is 2.14. The molecular weight excluding hydrogens is 224 g/mol. The lowest BCUT2D eigenvalue weighted by molar-refractivity contribution is 0.289. The fraction of sp³-hybridized carbons (Fsp3) is 0.133. The van der Waals surface area contributed by atoms with Gasteiger partial charge in [0.05, 0.1) is 11.6 Å². The topological polar surface area (TPSA) is 36.3 Å². The van der Waals surface area contributed by atoms with Gasteiger partial charge in [0.15, 0.2) is 6.73 Å². The van der Waals surface area contributed by atoms with E-state index in [2.05, 4.69) is 23.1 Å². The normalized spacial score (nSPS) is 13.4. The minimum atomic E-state index is 0.545. The van der Waals surface area contributed by atoms with Gasteiger partial charge in [0.2, 0.25) is 0 Å². The van der Waals surface area contributed by atoms with Gasteiger partial charge in [-0.1, -0.05) is 18.2 Å². The highest BCUT2D eigenvalue weighted by Gasteiger charge is 2.17. The number of nitriles is 1. The summed E-state index contributed by atoms with van der Waals surface area (Å²) < 4.78 is 5.71. The van der Waals surface area contributed by atoms with E-state index in [-0.39, 0.29) is 0 Å². The van der Waals surface area contributed by atoms with Crippen molar-refractivity contribution in [2.75, 3.05) is 11.6 Å². The van der Waals surface area contributed by atoms with Crippen LogP contribution in [0.3, 0.4) is 0 Å². The van der Waals surface area contributed by atoms with Crippen LogP contribution in [0, 0.1) is 11.3 Å². The lowest BCUT2D eigenvalue weighted by atomic mass is 10.1. The van der Waals surface area contributed by atoms with Crippen LogP contribution in [0.15, 0.2) is 48.5 Å². The largest absolute Gasteiger partial charge is 0.473 e. The Morgan fingerprint density at radius 3 is 2.72 bits per heavy atom. The molecule has 3 rings (SSSR count). The molecule has 88 valence electrons. The Hall–Kier alpha value is -2.47. The van der Waals surface area contributed by atoms with Crippen LogP contribution in [0.25, 0.3) is 0 Å². The molecule has 0 radical (unpaired) electrons. The van der Waals surface area contributed by atoms with Crippen LogP contribution in [-0.2, 0) is 6.54 Å². The van der Waals surface area contributed by atoms with E-state index in [1.54, 1.807) is 6.07 Å². The van der Waals surface area contributed by atoms with Crippen LogP contribution in [0.2, 0.25) is 0 Å². The highest BCUT2D eigenvalue weighted by atomic mass is 16.5. The van der Waals surface area contributed by atoms with Gasteiger partial charge in [-0.2, -0.15) is 5.26 Å². The zero-order chi connectivity index (χ0) is 12.4. The number of hydrogen-bond donors (Lipinski definition) is 0. The molecule has 2 aromatic rings. The smallest absolute Gasteiger partial charge is 0.161 e. The number of hydrogen-bond acceptors (Lipinski definition) is 3. The van der Waals surface area contributed by atoms with E-state index in [4.69, 9.17) is 10.00 Å². The van der Waals surface area contributed by atoms with Crippen LogP contribution in [0.5, 0.6) is 5.75 Å². The molecule has 0 unspecified atom stereocenters. The summed E-state index contributed by atoms with van der Waals surface area (Å²) in [5.41, 5.74) is 2.86. The fourth-order valence-electron chi connectivity index (χ4n) is 2.12. The van der Waals surface area contributed by atoms with Crippen LogP contribution in [0.1, 0.15) is 11.1 Å². The Kier molecular flexibility index (Phi) is 2.62. The SMILES string of the molecule is N#Cc1ccc2c(c1)CN(c1ccccc1)CO2. The van der Waals surface area contributed by atoms with Crippen molar-refractivity contribution in [1.82, 2.24) is 0 Å². The average Bonchev–Trinajstić information content (AvgIpc) is 2.47. The Labute approximate surface area is 106 Å². The Balaban J connectivity index is 1.91. The van der Waals surface area contributed by atoms with Crippen molar-refractivity contribution in [2.45, 2.75) is 6.54 Å². The molecule has 0 bridgehead atoms. The molecule has 1 aliphatic heterocycles. The molecule has 0 N–H and O–H groups in total. The summed E-state index contributed by atoms with van der Waals surface area (Å²) in [6.07, 6.45) is 0. The maximum Gasteiger partial charge on any atom is 0.161 e. The first-order chi connectivity index (χ1) is 8.86. The van der Waals surface area contributed by atoms with Gasteiger partial charge in [0.25, 0.3) is 0 Å². The fourth-order valence-corrected chi connectivity index (χ4v) is 2.12. The van der Waals surface area contributed by atoms with Gasteiger partial charge in [0, 0.05) is 17.8 Å². The number of benzene rings is 2. The predicted molar refractivity (Wildman–Crippen MR) is 69.3 cm³/mol. The lowest BCUT2D eigenvalue weighted by Gasteiger charge is -2.30. The summed E-state index contributed by atoms with van der Waals surface area (Å²) in [5.74, 6) is 0.876. The van der Waals surface area contributed by atoms with Gasteiger partial charge < -0.3 is 9.64 Å². The summed E-state index contributed by atoms with van der Waals surface area (Å²) in [6.45, 7) is 1.32. The number of nitrogens with zero attached hydrogens (tertiary/aromatic N) is 2. The van der Waals surface area contributed by atoms with Gasteiger partial charge >= 0.3 is 0 Å². The van der Waals surface area contributed by atoms with Crippen molar-refractivity contribution in [3.63, 3.8) is 0 Å². The predicted octanol–water partition coefficient (Wildman–Crippen LogP) is 2.91. The van der Waals surface area contributed by atoms with E-state index in [1.165, 1.54) is 0 Å². The first kappa shape index (κ1) is 10.7. The molecule has 0 saturated heterocycles. The second-order valence-electron chi connectivity index (χ2n) is 4.24. The molecule has 0 aliphatic carbocycles. The standard InChI is InChI=1S/C15H12N2O/c16-9-12-6-7-15-13(8-12)10-17(11-18-15)14-4-2-1-3-5-14/h1-8H,10-11H2. The molecule has 3 heteroatoms. The van der Waals surface area contributed by atoms with Crippen molar-refractivity contribution in [3.8, 4) is 11.8 Å². The van der Waals surface area contributed by atoms with E-state index < -0.39 is 0 Å². The van der Waals surface area contributed by atoms with Crippen LogP contribution in [-0.4, -0.2) is 6.73 Å². The molecule has 1 aliphatic rings. The van der Waals surface area contributed by atoms with Crippen molar-refractivity contribution in [3.05, 3.63) is 59.7 Å². The third-order valence-corrected chi connectivity index (χ3v) is 3.05. The average molecular weight is 236 g/mol. The van der Waals surface area contributed by atoms with Gasteiger partial charge in [0.1, 0.15) is 5.75 Å². The van der Waals surface area contributed by atoms with Gasteiger partial charge in [-0.25, -0.2) is 0 Å². The van der Waals surface area contributed by atoms with Crippen LogP contribution >= 0.6 is 0 Å². The molecular formula is C15H12N2O. The third-order valence-electron chi connectivity index (χ3n) is 3.05. The van der Waals surface area contributed by atoms with E-state index >= 15 is 0 Å². The van der Waals surface area contributed by atoms with Crippen LogP contribution < -0.4 is 9.64 Å². The monoisotopic (exact) mass is 236 g/mol. The number of ether oxygens (including phenoxy) is 1. The number of fused-ring (bicyclic) bond motifs is 1. The summed E-state index contributed by atoms with van der Waals surface area (Å²) in [7, 11) is 0. The first-order valence-corrected chi connectivity index (χ1v) is 5.82. The molecule has 0 amide bonds. The molecule has 3 nitrogen and oxygen atoms in total. The Morgan fingerprint density at radius 2 is 1.94 bits per heavy atom. The Morgan fingerprint density at radius 1 is 1.11 bits per heavy atom. The highest BCUT2D eigenvalue weighted by Crippen LogP contribution is 2.28. The van der Waals surface area contributed by atoms with Crippen LogP contribution in [0.4, 0.5) is 5.69 Å². The quantitative estimate of drug-likeness (QED) is 0.763. The summed E-state index contributed by atoms with van der Waals surface area (Å²) >= 11 is 0. The van der Waals surface area contributed by atoms with E-state index in [1.807, 2.05) is 30.3 Å². The number of anilines is 1. The van der Waals surface area contributed by atoms with E-state index in [0.717, 1.165) is 23.5 Å². The van der Waals surface area contributed by atoms with Crippen molar-refractivity contribution in [1.29, 1.82) is 5.26 Å². The highest BCUT2D eigenvalue weighted by molar-refractivity contribution is 5.51. The molecule has 0 spiro atoms. The molecule has 0 saturated carbocycles. The second-order valence-corrected chi connectivity index (χ2v) is 4.24. The van der Waals surface area contributed by atoms with Gasteiger partial charge in [-0.15, -0.1) is 0 Å².